The monoisotopic (exact) mass is 470 g/mol. The van der Waals surface area contributed by atoms with Gasteiger partial charge in [-0.2, -0.15) is 8.78 Å². The van der Waals surface area contributed by atoms with Gasteiger partial charge in [0.25, 0.3) is 0 Å². The molecule has 0 aromatic heterocycles. The van der Waals surface area contributed by atoms with Crippen molar-refractivity contribution in [3.05, 3.63) is 91.0 Å². The number of rotatable bonds is 4. The first-order chi connectivity index (χ1) is 11.1. The van der Waals surface area contributed by atoms with E-state index in [4.69, 9.17) is 0 Å². The van der Waals surface area contributed by atoms with Crippen molar-refractivity contribution in [3.8, 4) is 0 Å². The molecule has 124 valence electrons. The van der Waals surface area contributed by atoms with Crippen LogP contribution in [0.15, 0.2) is 91.0 Å². The van der Waals surface area contributed by atoms with Crippen LogP contribution in [0.25, 0.3) is 0 Å². The number of hydrogen-bond donors (Lipinski definition) is 0. The zero-order valence-corrected chi connectivity index (χ0v) is 16.7. The van der Waals surface area contributed by atoms with Gasteiger partial charge in [-0.15, -0.1) is 0 Å². The van der Waals surface area contributed by atoms with E-state index in [2.05, 4.69) is 15.9 Å². The summed E-state index contributed by atoms with van der Waals surface area (Å²) in [6, 6.07) is 27.2. The van der Waals surface area contributed by atoms with Gasteiger partial charge in [0.05, 0.1) is 0 Å². The molecule has 0 radical (unpaired) electrons. The molecular formula is C19H15Br2F2P. The quantitative estimate of drug-likeness (QED) is 0.403. The molecule has 0 spiro atoms. The fraction of sp³-hybridized carbons (Fsp3) is 0.0526. The Kier molecular flexibility index (Phi) is 6.30. The molecular weight excluding hydrogens is 457 g/mol. The van der Waals surface area contributed by atoms with Gasteiger partial charge in [0.15, 0.2) is 7.26 Å². The van der Waals surface area contributed by atoms with Crippen LogP contribution >= 0.6 is 23.2 Å². The van der Waals surface area contributed by atoms with Crippen LogP contribution < -0.4 is 32.9 Å². The standard InChI is InChI=1S/C19H15BrF2P.BrH/c20-19(21,22)23(16-10-4-1-5-11-16,17-12-6-2-7-13-17)18-14-8-3-9-15-18;/h1-15H;1H/q+1;/p-1. The van der Waals surface area contributed by atoms with Crippen LogP contribution in [-0.2, 0) is 0 Å². The molecule has 0 nitrogen and oxygen atoms in total. The fourth-order valence-corrected chi connectivity index (χ4v) is 8.31. The van der Waals surface area contributed by atoms with Crippen molar-refractivity contribution in [2.45, 2.75) is 4.57 Å². The second kappa shape index (κ2) is 7.86. The lowest BCUT2D eigenvalue weighted by Crippen LogP contribution is -3.00. The molecule has 0 heterocycles. The normalized spacial score (nSPS) is 11.6. The van der Waals surface area contributed by atoms with Crippen LogP contribution in [0.5, 0.6) is 0 Å². The van der Waals surface area contributed by atoms with E-state index in [-0.39, 0.29) is 17.0 Å². The van der Waals surface area contributed by atoms with Gasteiger partial charge in [0.1, 0.15) is 15.9 Å². The minimum Gasteiger partial charge on any atom is -1.00 e. The minimum absolute atomic E-state index is 0. The minimum atomic E-state index is -3.15. The van der Waals surface area contributed by atoms with E-state index in [0.29, 0.717) is 15.9 Å². The molecule has 3 aromatic carbocycles. The Bertz CT molecular complexity index is 663. The Balaban J connectivity index is 0.00000208. The van der Waals surface area contributed by atoms with Crippen molar-refractivity contribution in [2.75, 3.05) is 0 Å². The summed E-state index contributed by atoms with van der Waals surface area (Å²) in [6.07, 6.45) is 0. The zero-order chi connectivity index (χ0) is 16.3. The van der Waals surface area contributed by atoms with Gasteiger partial charge in [0.2, 0.25) is 0 Å². The van der Waals surface area contributed by atoms with Crippen LogP contribution in [0.3, 0.4) is 0 Å². The maximum absolute atomic E-state index is 15.1. The first kappa shape index (κ1) is 19.2. The van der Waals surface area contributed by atoms with Crippen molar-refractivity contribution in [2.24, 2.45) is 0 Å². The van der Waals surface area contributed by atoms with Gasteiger partial charge < -0.3 is 17.0 Å². The third-order valence-corrected chi connectivity index (χ3v) is 9.39. The van der Waals surface area contributed by atoms with Gasteiger partial charge in [-0.3, -0.25) is 0 Å². The predicted octanol–water partition coefficient (Wildman–Crippen LogP) is 1.93. The fourth-order valence-electron chi connectivity index (χ4n) is 2.84. The van der Waals surface area contributed by atoms with E-state index < -0.39 is 11.8 Å². The Hall–Kier alpha value is -1.09. The molecule has 3 rings (SSSR count). The number of alkyl halides is 3. The topological polar surface area (TPSA) is 0 Å². The molecule has 0 aliphatic carbocycles. The number of hydrogen-bond acceptors (Lipinski definition) is 0. The first-order valence-electron chi connectivity index (χ1n) is 7.19. The smallest absolute Gasteiger partial charge is 0.422 e. The van der Waals surface area contributed by atoms with Gasteiger partial charge in [-0.25, -0.2) is 0 Å². The summed E-state index contributed by atoms with van der Waals surface area (Å²) in [5.41, 5.74) is 0. The summed E-state index contributed by atoms with van der Waals surface area (Å²) in [5.74, 6) is 0. The highest BCUT2D eigenvalue weighted by Crippen LogP contribution is 2.69. The molecule has 0 aliphatic heterocycles. The average molecular weight is 472 g/mol. The number of halogens is 4. The molecule has 0 atom stereocenters. The molecule has 3 aromatic rings. The lowest BCUT2D eigenvalue weighted by molar-refractivity contribution is -0.00000700. The summed E-state index contributed by atoms with van der Waals surface area (Å²) < 4.78 is 27.1. The first-order valence-corrected chi connectivity index (χ1v) is 9.78. The van der Waals surface area contributed by atoms with E-state index in [1.165, 1.54) is 0 Å². The molecule has 0 unspecified atom stereocenters. The van der Waals surface area contributed by atoms with E-state index >= 15 is 8.78 Å². The highest BCUT2D eigenvalue weighted by atomic mass is 79.9. The van der Waals surface area contributed by atoms with E-state index in [0.717, 1.165) is 0 Å². The summed E-state index contributed by atoms with van der Waals surface area (Å²) in [7, 11) is -3.15. The van der Waals surface area contributed by atoms with E-state index in [9.17, 15) is 0 Å². The lowest BCUT2D eigenvalue weighted by atomic mass is 10.4. The zero-order valence-electron chi connectivity index (χ0n) is 12.6. The van der Waals surface area contributed by atoms with Crippen molar-refractivity contribution in [1.82, 2.24) is 0 Å². The van der Waals surface area contributed by atoms with Crippen LogP contribution in [0.2, 0.25) is 0 Å². The average Bonchev–Trinajstić information content (AvgIpc) is 2.57. The SMILES string of the molecule is FC(F)(Br)[P+](c1ccccc1)(c1ccccc1)c1ccccc1.[Br-]. The molecule has 24 heavy (non-hydrogen) atoms. The van der Waals surface area contributed by atoms with Gasteiger partial charge in [0, 0.05) is 15.9 Å². The maximum atomic E-state index is 15.1. The van der Waals surface area contributed by atoms with E-state index in [1.807, 2.05) is 54.6 Å². The van der Waals surface area contributed by atoms with Crippen LogP contribution in [0.4, 0.5) is 8.78 Å². The third-order valence-electron chi connectivity index (χ3n) is 3.81. The summed E-state index contributed by atoms with van der Waals surface area (Å²) >= 11 is 2.73. The summed E-state index contributed by atoms with van der Waals surface area (Å²) in [4.78, 5) is 0. The molecule has 0 bridgehead atoms. The van der Waals surface area contributed by atoms with Crippen LogP contribution in [0, 0.1) is 0 Å². The largest absolute Gasteiger partial charge is 1.00 e. The maximum Gasteiger partial charge on any atom is 0.422 e. The van der Waals surface area contributed by atoms with Gasteiger partial charge in [-0.1, -0.05) is 54.6 Å². The van der Waals surface area contributed by atoms with Gasteiger partial charge >= 0.3 is 4.57 Å². The highest BCUT2D eigenvalue weighted by Gasteiger charge is 2.64. The van der Waals surface area contributed by atoms with Crippen LogP contribution in [0.1, 0.15) is 0 Å². The Labute approximate surface area is 160 Å². The van der Waals surface area contributed by atoms with E-state index in [1.54, 1.807) is 36.4 Å². The summed E-state index contributed by atoms with van der Waals surface area (Å²) in [6.45, 7) is 0. The van der Waals surface area contributed by atoms with Crippen molar-refractivity contribution in [1.29, 1.82) is 0 Å². The Morgan fingerprint density at radius 3 is 1.04 bits per heavy atom. The molecule has 5 heteroatoms. The molecule has 0 saturated heterocycles. The Morgan fingerprint density at radius 2 is 0.833 bits per heavy atom. The molecule has 0 saturated carbocycles. The van der Waals surface area contributed by atoms with Gasteiger partial charge in [-0.05, 0) is 36.4 Å². The third kappa shape index (κ3) is 3.33. The number of benzene rings is 3. The molecule has 0 amide bonds. The highest BCUT2D eigenvalue weighted by molar-refractivity contribution is 9.11. The lowest BCUT2D eigenvalue weighted by Gasteiger charge is -2.30. The molecule has 0 fully saturated rings. The van der Waals surface area contributed by atoms with Crippen LogP contribution in [-0.4, -0.2) is 4.57 Å². The van der Waals surface area contributed by atoms with Crippen molar-refractivity contribution >= 4 is 39.1 Å². The molecule has 0 aliphatic rings. The second-order valence-corrected chi connectivity index (χ2v) is 10.2. The summed E-state index contributed by atoms with van der Waals surface area (Å²) in [5, 5.41) is 1.96. The Morgan fingerprint density at radius 1 is 0.583 bits per heavy atom. The van der Waals surface area contributed by atoms with Crippen molar-refractivity contribution in [3.63, 3.8) is 0 Å². The molecule has 0 N–H and O–H groups in total. The second-order valence-electron chi connectivity index (χ2n) is 5.15. The predicted molar refractivity (Wildman–Crippen MR) is 99.0 cm³/mol. The van der Waals surface area contributed by atoms with Crippen molar-refractivity contribution < 1.29 is 25.8 Å².